The molecule has 0 radical (unpaired) electrons. The molecule has 30 heavy (non-hydrogen) atoms. The molecule has 0 saturated heterocycles. The van der Waals surface area contributed by atoms with E-state index in [-0.39, 0.29) is 18.1 Å². The van der Waals surface area contributed by atoms with Gasteiger partial charge >= 0.3 is 0 Å². The summed E-state index contributed by atoms with van der Waals surface area (Å²) in [7, 11) is -2.36. The Bertz CT molecular complexity index is 1010. The molecule has 0 fully saturated rings. The van der Waals surface area contributed by atoms with Crippen LogP contribution in [-0.2, 0) is 26.2 Å². The fourth-order valence-corrected chi connectivity index (χ4v) is 3.87. The Hall–Kier alpha value is -2.94. The van der Waals surface area contributed by atoms with E-state index in [2.05, 4.69) is 5.32 Å². The summed E-state index contributed by atoms with van der Waals surface area (Å²) in [4.78, 5) is 26.7. The SMILES string of the molecule is CNC(=O)C(C)N(Cc1cccc(C)c1)C(=O)CN(c1ccc(F)cc1)S(C)(=O)=O. The number of nitrogens with one attached hydrogen (secondary N) is 1. The predicted molar refractivity (Wildman–Crippen MR) is 114 cm³/mol. The molecule has 0 aliphatic carbocycles. The molecule has 1 atom stereocenters. The van der Waals surface area contributed by atoms with Gasteiger partial charge in [0.2, 0.25) is 21.8 Å². The molecule has 0 heterocycles. The summed E-state index contributed by atoms with van der Waals surface area (Å²) in [5.74, 6) is -1.45. The van der Waals surface area contributed by atoms with E-state index in [1.807, 2.05) is 31.2 Å². The van der Waals surface area contributed by atoms with E-state index in [0.717, 1.165) is 33.8 Å². The van der Waals surface area contributed by atoms with Crippen molar-refractivity contribution in [3.63, 3.8) is 0 Å². The van der Waals surface area contributed by atoms with Crippen molar-refractivity contribution in [2.45, 2.75) is 26.4 Å². The van der Waals surface area contributed by atoms with Crippen molar-refractivity contribution in [2.24, 2.45) is 0 Å². The van der Waals surface area contributed by atoms with E-state index < -0.39 is 34.3 Å². The van der Waals surface area contributed by atoms with Gasteiger partial charge in [-0.2, -0.15) is 0 Å². The summed E-state index contributed by atoms with van der Waals surface area (Å²) in [6, 6.07) is 11.5. The average molecular weight is 436 g/mol. The van der Waals surface area contributed by atoms with E-state index >= 15 is 0 Å². The fourth-order valence-electron chi connectivity index (χ4n) is 3.02. The van der Waals surface area contributed by atoms with Gasteiger partial charge < -0.3 is 10.2 Å². The van der Waals surface area contributed by atoms with E-state index in [0.29, 0.717) is 0 Å². The maximum Gasteiger partial charge on any atom is 0.244 e. The molecule has 2 amide bonds. The molecule has 2 aromatic rings. The van der Waals surface area contributed by atoms with Gasteiger partial charge in [0.05, 0.1) is 11.9 Å². The monoisotopic (exact) mass is 435 g/mol. The quantitative estimate of drug-likeness (QED) is 0.688. The zero-order valence-electron chi connectivity index (χ0n) is 17.4. The second-order valence-corrected chi connectivity index (χ2v) is 8.95. The normalized spacial score (nSPS) is 12.2. The molecule has 1 unspecified atom stereocenters. The third-order valence-electron chi connectivity index (χ3n) is 4.64. The van der Waals surface area contributed by atoms with Crippen LogP contribution in [0.15, 0.2) is 48.5 Å². The third kappa shape index (κ3) is 6.03. The zero-order chi connectivity index (χ0) is 22.5. The van der Waals surface area contributed by atoms with E-state index in [4.69, 9.17) is 0 Å². The number of nitrogens with zero attached hydrogens (tertiary/aromatic N) is 2. The molecule has 1 N–H and O–H groups in total. The van der Waals surface area contributed by atoms with Gasteiger partial charge in [0.1, 0.15) is 18.4 Å². The van der Waals surface area contributed by atoms with Crippen molar-refractivity contribution in [3.05, 3.63) is 65.5 Å². The topological polar surface area (TPSA) is 86.8 Å². The number of hydrogen-bond acceptors (Lipinski definition) is 4. The van der Waals surface area contributed by atoms with Gasteiger partial charge in [-0.25, -0.2) is 12.8 Å². The van der Waals surface area contributed by atoms with Crippen LogP contribution in [0, 0.1) is 12.7 Å². The van der Waals surface area contributed by atoms with Crippen molar-refractivity contribution in [2.75, 3.05) is 24.2 Å². The standard InChI is InChI=1S/C21H26FN3O4S/c1-15-6-5-7-17(12-15)13-24(16(2)21(27)23-3)20(26)14-25(30(4,28)29)19-10-8-18(22)9-11-19/h5-12,16H,13-14H2,1-4H3,(H,23,27). The van der Waals surface area contributed by atoms with Crippen molar-refractivity contribution < 1.29 is 22.4 Å². The van der Waals surface area contributed by atoms with Gasteiger partial charge in [-0.15, -0.1) is 0 Å². The van der Waals surface area contributed by atoms with Crippen LogP contribution in [0.4, 0.5) is 10.1 Å². The first-order valence-corrected chi connectivity index (χ1v) is 11.2. The molecular formula is C21H26FN3O4S. The molecule has 2 aromatic carbocycles. The molecular weight excluding hydrogens is 409 g/mol. The van der Waals surface area contributed by atoms with Gasteiger partial charge in [-0.3, -0.25) is 13.9 Å². The van der Waals surface area contributed by atoms with Gasteiger partial charge in [0.15, 0.2) is 0 Å². The average Bonchev–Trinajstić information content (AvgIpc) is 2.69. The Balaban J connectivity index is 2.36. The van der Waals surface area contributed by atoms with Crippen LogP contribution >= 0.6 is 0 Å². The van der Waals surface area contributed by atoms with E-state index in [9.17, 15) is 22.4 Å². The van der Waals surface area contributed by atoms with Crippen molar-refractivity contribution in [1.29, 1.82) is 0 Å². The van der Waals surface area contributed by atoms with Crippen LogP contribution in [0.3, 0.4) is 0 Å². The second kappa shape index (κ2) is 9.71. The predicted octanol–water partition coefficient (Wildman–Crippen LogP) is 2.06. The number of anilines is 1. The van der Waals surface area contributed by atoms with E-state index in [1.54, 1.807) is 6.92 Å². The number of benzene rings is 2. The number of likely N-dealkylation sites (N-methyl/N-ethyl adjacent to an activating group) is 1. The van der Waals surface area contributed by atoms with Crippen LogP contribution in [-0.4, -0.2) is 51.0 Å². The number of sulfonamides is 1. The smallest absolute Gasteiger partial charge is 0.244 e. The first kappa shape index (κ1) is 23.3. The highest BCUT2D eigenvalue weighted by Crippen LogP contribution is 2.19. The summed E-state index contributed by atoms with van der Waals surface area (Å²) in [5.41, 5.74) is 1.97. The van der Waals surface area contributed by atoms with Crippen LogP contribution < -0.4 is 9.62 Å². The summed E-state index contributed by atoms with van der Waals surface area (Å²) in [6.07, 6.45) is 0.969. The van der Waals surface area contributed by atoms with Crippen LogP contribution in [0.1, 0.15) is 18.1 Å². The number of rotatable bonds is 8. The van der Waals surface area contributed by atoms with Gasteiger partial charge in [0, 0.05) is 13.6 Å². The van der Waals surface area contributed by atoms with Crippen molar-refractivity contribution >= 4 is 27.5 Å². The first-order chi connectivity index (χ1) is 14.0. The van der Waals surface area contributed by atoms with Gasteiger partial charge in [-0.05, 0) is 43.7 Å². The van der Waals surface area contributed by atoms with Gasteiger partial charge in [0.25, 0.3) is 0 Å². The summed E-state index contributed by atoms with van der Waals surface area (Å²) in [6.45, 7) is 3.11. The molecule has 9 heteroatoms. The van der Waals surface area contributed by atoms with E-state index in [1.165, 1.54) is 24.1 Å². The lowest BCUT2D eigenvalue weighted by atomic mass is 10.1. The Kier molecular flexibility index (Phi) is 7.55. The lowest BCUT2D eigenvalue weighted by Crippen LogP contribution is -2.50. The number of aryl methyl sites for hydroxylation is 1. The highest BCUT2D eigenvalue weighted by Gasteiger charge is 2.29. The third-order valence-corrected chi connectivity index (χ3v) is 5.78. The summed E-state index contributed by atoms with van der Waals surface area (Å²) >= 11 is 0. The molecule has 7 nitrogen and oxygen atoms in total. The lowest BCUT2D eigenvalue weighted by molar-refractivity contribution is -0.139. The Morgan fingerprint density at radius 1 is 1.13 bits per heavy atom. The van der Waals surface area contributed by atoms with Gasteiger partial charge in [-0.1, -0.05) is 29.8 Å². The maximum atomic E-state index is 13.3. The number of hydrogen-bond donors (Lipinski definition) is 1. The Labute approximate surface area is 176 Å². The molecule has 0 aliphatic rings. The Morgan fingerprint density at radius 2 is 1.77 bits per heavy atom. The molecule has 162 valence electrons. The fraction of sp³-hybridized carbons (Fsp3) is 0.333. The number of carbonyl (C=O) groups is 2. The minimum atomic E-state index is -3.83. The summed E-state index contributed by atoms with van der Waals surface area (Å²) in [5, 5.41) is 2.51. The van der Waals surface area contributed by atoms with Crippen LogP contribution in [0.5, 0.6) is 0 Å². The highest BCUT2D eigenvalue weighted by molar-refractivity contribution is 7.92. The van der Waals surface area contributed by atoms with Crippen molar-refractivity contribution in [1.82, 2.24) is 10.2 Å². The minimum Gasteiger partial charge on any atom is -0.357 e. The van der Waals surface area contributed by atoms with Crippen LogP contribution in [0.2, 0.25) is 0 Å². The molecule has 2 rings (SSSR count). The molecule has 0 spiro atoms. The highest BCUT2D eigenvalue weighted by atomic mass is 32.2. The number of halogens is 1. The minimum absolute atomic E-state index is 0.135. The second-order valence-electron chi connectivity index (χ2n) is 7.05. The van der Waals surface area contributed by atoms with Crippen LogP contribution in [0.25, 0.3) is 0 Å². The summed E-state index contributed by atoms with van der Waals surface area (Å²) < 4.78 is 38.8. The largest absolute Gasteiger partial charge is 0.357 e. The first-order valence-electron chi connectivity index (χ1n) is 9.33. The lowest BCUT2D eigenvalue weighted by Gasteiger charge is -2.31. The van der Waals surface area contributed by atoms with Crippen molar-refractivity contribution in [3.8, 4) is 0 Å². The molecule has 0 aliphatic heterocycles. The molecule has 0 saturated carbocycles. The Morgan fingerprint density at radius 3 is 2.30 bits per heavy atom. The molecule has 0 aromatic heterocycles. The number of amides is 2. The molecule has 0 bridgehead atoms. The number of carbonyl (C=O) groups excluding carboxylic acids is 2. The zero-order valence-corrected chi connectivity index (χ0v) is 18.2. The maximum absolute atomic E-state index is 13.3.